The lowest BCUT2D eigenvalue weighted by Crippen LogP contribution is -2.60. The molecule has 0 bridgehead atoms. The van der Waals surface area contributed by atoms with Crippen molar-refractivity contribution in [3.63, 3.8) is 0 Å². The molecular formula is C65H115NO8. The first-order valence-electron chi connectivity index (χ1n) is 30.8. The van der Waals surface area contributed by atoms with Crippen LogP contribution in [-0.2, 0) is 14.3 Å². The molecule has 1 aliphatic heterocycles. The van der Waals surface area contributed by atoms with Crippen molar-refractivity contribution in [2.75, 3.05) is 13.2 Å². The van der Waals surface area contributed by atoms with Crippen LogP contribution in [0.3, 0.4) is 0 Å². The van der Waals surface area contributed by atoms with Crippen LogP contribution in [0.1, 0.15) is 264 Å². The molecule has 1 heterocycles. The molecule has 0 saturated carbocycles. The van der Waals surface area contributed by atoms with Gasteiger partial charge in [-0.1, -0.05) is 259 Å². The van der Waals surface area contributed by atoms with E-state index in [1.807, 2.05) is 6.08 Å². The first-order chi connectivity index (χ1) is 36.3. The monoisotopic (exact) mass is 1040 g/mol. The standard InChI is InChI=1S/C65H115NO8/c1-3-5-7-9-11-13-15-17-19-21-23-25-27-29-31-32-34-36-38-40-42-44-46-48-50-52-54-59(68)58(57-73-65-64(72)63(71)62(70)60(56-67)74-65)66-61(69)55-53-51-49-47-45-43-41-39-37-35-33-30-28-26-24-22-20-18-16-14-12-10-8-6-4-2/h6,8,12,14,18,20,24,26,36,38,44,46,52,54,58-60,62-65,67-68,70-72H,3-5,7,9-11,13,15-17,19,21-23,25,27-35,37,39-43,45,47-51,53,55-57H2,1-2H3,(H,66,69)/b8-6-,14-12-,20-18-,26-24-,38-36+,46-44+,54-52+. The third-order valence-corrected chi connectivity index (χ3v) is 14.2. The maximum absolute atomic E-state index is 13.1. The number of hydrogen-bond donors (Lipinski definition) is 6. The largest absolute Gasteiger partial charge is 0.394 e. The Morgan fingerprint density at radius 1 is 0.473 bits per heavy atom. The van der Waals surface area contributed by atoms with Crippen LogP contribution < -0.4 is 5.32 Å². The summed E-state index contributed by atoms with van der Waals surface area (Å²) in [4.78, 5) is 13.1. The van der Waals surface area contributed by atoms with Gasteiger partial charge in [-0.05, 0) is 83.5 Å². The van der Waals surface area contributed by atoms with Crippen LogP contribution >= 0.6 is 0 Å². The van der Waals surface area contributed by atoms with Crippen molar-refractivity contribution in [1.29, 1.82) is 0 Å². The maximum Gasteiger partial charge on any atom is 0.220 e. The number of aliphatic hydroxyl groups excluding tert-OH is 5. The maximum atomic E-state index is 13.1. The topological polar surface area (TPSA) is 149 Å². The minimum Gasteiger partial charge on any atom is -0.394 e. The molecule has 9 heteroatoms. The average Bonchev–Trinajstić information content (AvgIpc) is 3.40. The summed E-state index contributed by atoms with van der Waals surface area (Å²) in [6.07, 6.45) is 69.4. The number of aliphatic hydroxyl groups is 5. The van der Waals surface area contributed by atoms with Crippen molar-refractivity contribution in [1.82, 2.24) is 5.32 Å². The zero-order chi connectivity index (χ0) is 53.6. The fourth-order valence-electron chi connectivity index (χ4n) is 9.36. The molecule has 1 aliphatic rings. The Bertz CT molecular complexity index is 1440. The third kappa shape index (κ3) is 42.5. The lowest BCUT2D eigenvalue weighted by Gasteiger charge is -2.40. The highest BCUT2D eigenvalue weighted by molar-refractivity contribution is 5.76. The van der Waals surface area contributed by atoms with Gasteiger partial charge in [-0.2, -0.15) is 0 Å². The molecule has 7 unspecified atom stereocenters. The highest BCUT2D eigenvalue weighted by atomic mass is 16.7. The van der Waals surface area contributed by atoms with Crippen LogP contribution in [0, 0.1) is 0 Å². The summed E-state index contributed by atoms with van der Waals surface area (Å²) in [5, 5.41) is 54.6. The van der Waals surface area contributed by atoms with E-state index >= 15 is 0 Å². The highest BCUT2D eigenvalue weighted by Crippen LogP contribution is 2.23. The van der Waals surface area contributed by atoms with Crippen LogP contribution in [0.4, 0.5) is 0 Å². The average molecular weight is 1040 g/mol. The number of unbranched alkanes of at least 4 members (excludes halogenated alkanes) is 30. The van der Waals surface area contributed by atoms with Crippen molar-refractivity contribution in [3.05, 3.63) is 85.1 Å². The van der Waals surface area contributed by atoms with E-state index in [1.165, 1.54) is 173 Å². The van der Waals surface area contributed by atoms with Crippen LogP contribution in [0.5, 0.6) is 0 Å². The number of nitrogens with one attached hydrogen (secondary N) is 1. The number of ether oxygens (including phenoxy) is 2. The second-order valence-electron chi connectivity index (χ2n) is 21.1. The van der Waals surface area contributed by atoms with Gasteiger partial charge in [-0.25, -0.2) is 0 Å². The summed E-state index contributed by atoms with van der Waals surface area (Å²) >= 11 is 0. The van der Waals surface area contributed by atoms with E-state index in [2.05, 4.69) is 92.1 Å². The van der Waals surface area contributed by atoms with Crippen molar-refractivity contribution in [3.8, 4) is 0 Å². The molecule has 74 heavy (non-hydrogen) atoms. The van der Waals surface area contributed by atoms with E-state index in [9.17, 15) is 30.3 Å². The molecule has 1 fully saturated rings. The van der Waals surface area contributed by atoms with Gasteiger partial charge in [0, 0.05) is 6.42 Å². The van der Waals surface area contributed by atoms with Crippen LogP contribution in [-0.4, -0.2) is 87.5 Å². The van der Waals surface area contributed by atoms with Gasteiger partial charge in [-0.15, -0.1) is 0 Å². The molecule has 1 amide bonds. The minimum absolute atomic E-state index is 0.194. The van der Waals surface area contributed by atoms with Crippen LogP contribution in [0.15, 0.2) is 85.1 Å². The quantitative estimate of drug-likeness (QED) is 0.0261. The van der Waals surface area contributed by atoms with E-state index < -0.39 is 49.5 Å². The summed E-state index contributed by atoms with van der Waals surface area (Å²) in [6.45, 7) is 3.66. The smallest absolute Gasteiger partial charge is 0.220 e. The Morgan fingerprint density at radius 3 is 1.30 bits per heavy atom. The summed E-state index contributed by atoms with van der Waals surface area (Å²) in [5.74, 6) is -0.194. The Balaban J connectivity index is 2.24. The summed E-state index contributed by atoms with van der Waals surface area (Å²) in [5.41, 5.74) is 0. The molecule has 0 aromatic rings. The van der Waals surface area contributed by atoms with Crippen molar-refractivity contribution in [2.24, 2.45) is 0 Å². The second kappa shape index (κ2) is 53.8. The molecule has 0 aliphatic carbocycles. The Morgan fingerprint density at radius 2 is 0.851 bits per heavy atom. The molecule has 0 spiro atoms. The molecule has 1 saturated heterocycles. The molecule has 0 aromatic heterocycles. The van der Waals surface area contributed by atoms with Crippen LogP contribution in [0.2, 0.25) is 0 Å². The first-order valence-corrected chi connectivity index (χ1v) is 30.8. The zero-order valence-electron chi connectivity index (χ0n) is 47.6. The van der Waals surface area contributed by atoms with Crippen molar-refractivity contribution >= 4 is 5.91 Å². The molecular weight excluding hydrogens is 923 g/mol. The normalized spacial score (nSPS) is 19.6. The van der Waals surface area contributed by atoms with Gasteiger partial charge in [0.2, 0.25) is 5.91 Å². The Hall–Kier alpha value is -2.63. The summed E-state index contributed by atoms with van der Waals surface area (Å²) in [7, 11) is 0. The molecule has 9 nitrogen and oxygen atoms in total. The number of carbonyl (C=O) groups excluding carboxylic acids is 1. The number of rotatable bonds is 52. The molecule has 0 radical (unpaired) electrons. The summed E-state index contributed by atoms with van der Waals surface area (Å²) in [6, 6.07) is -0.835. The van der Waals surface area contributed by atoms with Gasteiger partial charge in [0.15, 0.2) is 6.29 Å². The number of amides is 1. The molecule has 428 valence electrons. The van der Waals surface area contributed by atoms with E-state index in [0.717, 1.165) is 70.6 Å². The van der Waals surface area contributed by atoms with Gasteiger partial charge >= 0.3 is 0 Å². The molecule has 1 rings (SSSR count). The minimum atomic E-state index is -1.58. The van der Waals surface area contributed by atoms with E-state index in [0.29, 0.717) is 6.42 Å². The number of allylic oxidation sites excluding steroid dienone is 13. The SMILES string of the molecule is CC/C=C\C/C=C\C/C=C\C/C=C\CCCCCCCCCCCCCCC(=O)NC(COC1OC(CO)C(O)C(O)C1O)C(O)/C=C/CC/C=C/CC/C=C/CCCCCCCCCCCCCCCCCC. The Kier molecular flexibility index (Phi) is 50.4. The van der Waals surface area contributed by atoms with Gasteiger partial charge < -0.3 is 40.3 Å². The van der Waals surface area contributed by atoms with E-state index in [4.69, 9.17) is 9.47 Å². The van der Waals surface area contributed by atoms with Crippen molar-refractivity contribution in [2.45, 2.75) is 307 Å². The summed E-state index contributed by atoms with van der Waals surface area (Å²) < 4.78 is 11.3. The fraction of sp³-hybridized carbons (Fsp3) is 0.769. The Labute approximate surface area is 454 Å². The highest BCUT2D eigenvalue weighted by Gasteiger charge is 2.44. The number of hydrogen-bond acceptors (Lipinski definition) is 8. The van der Waals surface area contributed by atoms with Gasteiger partial charge in [0.1, 0.15) is 24.4 Å². The fourth-order valence-corrected chi connectivity index (χ4v) is 9.36. The van der Waals surface area contributed by atoms with E-state index in [1.54, 1.807) is 6.08 Å². The third-order valence-electron chi connectivity index (χ3n) is 14.2. The number of carbonyl (C=O) groups is 1. The first kappa shape index (κ1) is 69.4. The lowest BCUT2D eigenvalue weighted by atomic mass is 9.99. The van der Waals surface area contributed by atoms with E-state index in [-0.39, 0.29) is 12.5 Å². The van der Waals surface area contributed by atoms with Gasteiger partial charge in [-0.3, -0.25) is 4.79 Å². The predicted molar refractivity (Wildman–Crippen MR) is 313 cm³/mol. The van der Waals surface area contributed by atoms with Crippen LogP contribution in [0.25, 0.3) is 0 Å². The molecule has 6 N–H and O–H groups in total. The predicted octanol–water partition coefficient (Wildman–Crippen LogP) is 15.8. The second-order valence-corrected chi connectivity index (χ2v) is 21.1. The van der Waals surface area contributed by atoms with Gasteiger partial charge in [0.05, 0.1) is 25.4 Å². The zero-order valence-corrected chi connectivity index (χ0v) is 47.6. The van der Waals surface area contributed by atoms with Crippen molar-refractivity contribution < 1.29 is 39.8 Å². The lowest BCUT2D eigenvalue weighted by molar-refractivity contribution is -0.302. The molecule has 7 atom stereocenters. The molecule has 0 aromatic carbocycles. The van der Waals surface area contributed by atoms with Gasteiger partial charge in [0.25, 0.3) is 0 Å².